The number of benzene rings is 2. The van der Waals surface area contributed by atoms with E-state index < -0.39 is 0 Å². The molecule has 3 heteroatoms. The van der Waals surface area contributed by atoms with Crippen molar-refractivity contribution in [1.82, 2.24) is 0 Å². The minimum Gasteiger partial charge on any atom is -0.381 e. The Labute approximate surface area is 98.9 Å². The van der Waals surface area contributed by atoms with Crippen LogP contribution in [0.5, 0.6) is 0 Å². The number of anilines is 1. The van der Waals surface area contributed by atoms with Crippen molar-refractivity contribution in [3.8, 4) is 0 Å². The van der Waals surface area contributed by atoms with Crippen LogP contribution in [0.25, 0.3) is 0 Å². The fourth-order valence-corrected chi connectivity index (χ4v) is 1.68. The van der Waals surface area contributed by atoms with E-state index in [-0.39, 0.29) is 5.82 Å². The second-order valence-corrected chi connectivity index (χ2v) is 3.93. The van der Waals surface area contributed by atoms with Crippen LogP contribution in [0.15, 0.2) is 48.5 Å². The Morgan fingerprint density at radius 2 is 1.81 bits per heavy atom. The molecule has 0 saturated heterocycles. The number of nitrogens with one attached hydrogen (secondary N) is 1. The lowest BCUT2D eigenvalue weighted by molar-refractivity contribution is 0.628. The van der Waals surface area contributed by atoms with Gasteiger partial charge in [0.2, 0.25) is 0 Å². The zero-order valence-corrected chi connectivity index (χ0v) is 9.34. The molecule has 0 heterocycles. The van der Waals surface area contributed by atoms with Crippen molar-refractivity contribution in [3.63, 3.8) is 0 Å². The third-order valence-corrected chi connectivity index (χ3v) is 2.42. The fraction of sp³-hybridized carbons (Fsp3) is 0.0769. The van der Waals surface area contributed by atoms with Gasteiger partial charge in [0, 0.05) is 17.3 Å². The summed E-state index contributed by atoms with van der Waals surface area (Å²) >= 11 is 5.75. The molecule has 2 rings (SSSR count). The van der Waals surface area contributed by atoms with E-state index in [9.17, 15) is 4.39 Å². The van der Waals surface area contributed by atoms with Crippen LogP contribution < -0.4 is 5.32 Å². The summed E-state index contributed by atoms with van der Waals surface area (Å²) in [6.07, 6.45) is 0. The molecule has 2 aromatic rings. The molecule has 82 valence electrons. The molecular formula is C13H11ClFN. The van der Waals surface area contributed by atoms with Gasteiger partial charge < -0.3 is 5.32 Å². The molecule has 0 radical (unpaired) electrons. The number of rotatable bonds is 3. The van der Waals surface area contributed by atoms with E-state index in [1.807, 2.05) is 30.3 Å². The predicted octanol–water partition coefficient (Wildman–Crippen LogP) is 4.09. The molecule has 0 spiro atoms. The van der Waals surface area contributed by atoms with Crippen molar-refractivity contribution in [2.24, 2.45) is 0 Å². The van der Waals surface area contributed by atoms with E-state index in [1.165, 1.54) is 12.1 Å². The average Bonchev–Trinajstić information content (AvgIpc) is 2.27. The van der Waals surface area contributed by atoms with Crippen molar-refractivity contribution in [2.45, 2.75) is 6.54 Å². The molecule has 0 amide bonds. The second kappa shape index (κ2) is 4.99. The van der Waals surface area contributed by atoms with Gasteiger partial charge in [-0.3, -0.25) is 0 Å². The van der Waals surface area contributed by atoms with E-state index in [0.717, 1.165) is 5.56 Å². The monoisotopic (exact) mass is 235 g/mol. The van der Waals surface area contributed by atoms with Crippen LogP contribution in [0, 0.1) is 5.82 Å². The first-order chi connectivity index (χ1) is 7.74. The molecule has 2 aromatic carbocycles. The lowest BCUT2D eigenvalue weighted by atomic mass is 10.2. The standard InChI is InChI=1S/C13H11ClFN/c14-11-6-12(15)8-13(7-11)16-9-10-4-2-1-3-5-10/h1-8,16H,9H2. The Balaban J connectivity index is 2.05. The summed E-state index contributed by atoms with van der Waals surface area (Å²) < 4.78 is 13.0. The summed E-state index contributed by atoms with van der Waals surface area (Å²) in [7, 11) is 0. The minimum absolute atomic E-state index is 0.330. The van der Waals surface area contributed by atoms with Gasteiger partial charge in [-0.2, -0.15) is 0 Å². The van der Waals surface area contributed by atoms with Crippen molar-refractivity contribution in [3.05, 3.63) is 64.9 Å². The predicted molar refractivity (Wildman–Crippen MR) is 65.2 cm³/mol. The number of halogens is 2. The molecule has 0 unspecified atom stereocenters. The largest absolute Gasteiger partial charge is 0.381 e. The van der Waals surface area contributed by atoms with Crippen LogP contribution in [0.2, 0.25) is 5.02 Å². The Morgan fingerprint density at radius 1 is 1.06 bits per heavy atom. The lowest BCUT2D eigenvalue weighted by Crippen LogP contribution is -1.99. The van der Waals surface area contributed by atoms with Crippen molar-refractivity contribution >= 4 is 17.3 Å². The molecule has 0 aliphatic carbocycles. The van der Waals surface area contributed by atoms with Gasteiger partial charge >= 0.3 is 0 Å². The Bertz CT molecular complexity index is 450. The zero-order valence-electron chi connectivity index (χ0n) is 8.58. The van der Waals surface area contributed by atoms with E-state index in [4.69, 9.17) is 11.6 Å². The smallest absolute Gasteiger partial charge is 0.126 e. The molecule has 0 aliphatic heterocycles. The highest BCUT2D eigenvalue weighted by Crippen LogP contribution is 2.18. The lowest BCUT2D eigenvalue weighted by Gasteiger charge is -2.07. The first kappa shape index (κ1) is 11.0. The number of hydrogen-bond acceptors (Lipinski definition) is 1. The van der Waals surface area contributed by atoms with Crippen LogP contribution in [0.4, 0.5) is 10.1 Å². The van der Waals surface area contributed by atoms with Gasteiger partial charge in [0.05, 0.1) is 0 Å². The molecule has 0 fully saturated rings. The van der Waals surface area contributed by atoms with Gasteiger partial charge in [0.15, 0.2) is 0 Å². The summed E-state index contributed by atoms with van der Waals surface area (Å²) in [6.45, 7) is 0.653. The summed E-state index contributed by atoms with van der Waals surface area (Å²) in [5.41, 5.74) is 1.83. The molecule has 1 nitrogen and oxygen atoms in total. The Hall–Kier alpha value is -1.54. The average molecular weight is 236 g/mol. The van der Waals surface area contributed by atoms with E-state index in [0.29, 0.717) is 17.3 Å². The molecule has 1 N–H and O–H groups in total. The van der Waals surface area contributed by atoms with Crippen molar-refractivity contribution < 1.29 is 4.39 Å². The second-order valence-electron chi connectivity index (χ2n) is 3.50. The van der Waals surface area contributed by atoms with Crippen LogP contribution in [-0.4, -0.2) is 0 Å². The number of hydrogen-bond donors (Lipinski definition) is 1. The van der Waals surface area contributed by atoms with Gasteiger partial charge in [-0.25, -0.2) is 4.39 Å². The van der Waals surface area contributed by atoms with E-state index >= 15 is 0 Å². The maximum atomic E-state index is 13.0. The molecule has 0 aromatic heterocycles. The fourth-order valence-electron chi connectivity index (χ4n) is 1.46. The highest BCUT2D eigenvalue weighted by Gasteiger charge is 1.98. The SMILES string of the molecule is Fc1cc(Cl)cc(NCc2ccccc2)c1. The van der Waals surface area contributed by atoms with Gasteiger partial charge in [-0.15, -0.1) is 0 Å². The third kappa shape index (κ3) is 2.97. The quantitative estimate of drug-likeness (QED) is 0.845. The van der Waals surface area contributed by atoms with Crippen LogP contribution in [0.1, 0.15) is 5.56 Å². The molecule has 0 saturated carbocycles. The highest BCUT2D eigenvalue weighted by molar-refractivity contribution is 6.30. The summed E-state index contributed by atoms with van der Waals surface area (Å²) in [4.78, 5) is 0. The maximum Gasteiger partial charge on any atom is 0.126 e. The molecule has 16 heavy (non-hydrogen) atoms. The Kier molecular flexibility index (Phi) is 3.42. The zero-order chi connectivity index (χ0) is 11.4. The third-order valence-electron chi connectivity index (χ3n) is 2.20. The highest BCUT2D eigenvalue weighted by atomic mass is 35.5. The van der Waals surface area contributed by atoms with Gasteiger partial charge in [0.25, 0.3) is 0 Å². The van der Waals surface area contributed by atoms with Crippen LogP contribution in [0.3, 0.4) is 0 Å². The first-order valence-electron chi connectivity index (χ1n) is 4.98. The molecule has 0 bridgehead atoms. The minimum atomic E-state index is -0.330. The summed E-state index contributed by atoms with van der Waals surface area (Å²) in [5.74, 6) is -0.330. The van der Waals surface area contributed by atoms with Gasteiger partial charge in [-0.1, -0.05) is 41.9 Å². The van der Waals surface area contributed by atoms with E-state index in [2.05, 4.69) is 5.32 Å². The van der Waals surface area contributed by atoms with Crippen molar-refractivity contribution in [1.29, 1.82) is 0 Å². The summed E-state index contributed by atoms with van der Waals surface area (Å²) in [6, 6.07) is 14.3. The molecular weight excluding hydrogens is 225 g/mol. The maximum absolute atomic E-state index is 13.0. The molecule has 0 aliphatic rings. The Morgan fingerprint density at radius 3 is 2.50 bits per heavy atom. The van der Waals surface area contributed by atoms with Gasteiger partial charge in [-0.05, 0) is 23.8 Å². The van der Waals surface area contributed by atoms with Crippen LogP contribution >= 0.6 is 11.6 Å². The normalized spacial score (nSPS) is 10.1. The van der Waals surface area contributed by atoms with Crippen molar-refractivity contribution in [2.75, 3.05) is 5.32 Å². The first-order valence-corrected chi connectivity index (χ1v) is 5.36. The topological polar surface area (TPSA) is 12.0 Å². The molecule has 0 atom stereocenters. The van der Waals surface area contributed by atoms with E-state index in [1.54, 1.807) is 6.07 Å². The summed E-state index contributed by atoms with van der Waals surface area (Å²) in [5, 5.41) is 3.52. The van der Waals surface area contributed by atoms with Gasteiger partial charge in [0.1, 0.15) is 5.82 Å². The van der Waals surface area contributed by atoms with Crippen LogP contribution in [-0.2, 0) is 6.54 Å².